The normalized spacial score (nSPS) is 9.29. The molecule has 0 bridgehead atoms. The maximum absolute atomic E-state index is 10.4. The molecule has 2 aromatic rings. The third-order valence-electron chi connectivity index (χ3n) is 1.82. The Kier molecular flexibility index (Phi) is 4.90. The van der Waals surface area contributed by atoms with Gasteiger partial charge in [-0.3, -0.25) is 9.59 Å². The van der Waals surface area contributed by atoms with Crippen molar-refractivity contribution in [2.75, 3.05) is 0 Å². The smallest absolute Gasteiger partial charge is 0.194 e. The molecule has 2 aromatic heterocycles. The number of hydrogen-bond acceptors (Lipinski definition) is 5. The fraction of sp³-hybridized carbons (Fsp3) is 0.167. The zero-order valence-electron chi connectivity index (χ0n) is 9.25. The molecule has 90 valence electrons. The van der Waals surface area contributed by atoms with Crippen molar-refractivity contribution in [3.8, 4) is 0 Å². The Bertz CT molecular complexity index is 467. The van der Waals surface area contributed by atoms with Crippen molar-refractivity contribution >= 4 is 12.1 Å². The molecule has 2 rings (SSSR count). The maximum Gasteiger partial charge on any atom is 0.194 e. The van der Waals surface area contributed by atoms with Gasteiger partial charge in [-0.25, -0.2) is 0 Å². The van der Waals surface area contributed by atoms with Crippen molar-refractivity contribution in [3.63, 3.8) is 0 Å². The van der Waals surface area contributed by atoms with Crippen LogP contribution in [-0.2, 0) is 6.61 Å². The molecule has 0 unspecified atom stereocenters. The van der Waals surface area contributed by atoms with Gasteiger partial charge in [0.15, 0.2) is 23.6 Å². The molecule has 0 amide bonds. The second-order valence-corrected chi connectivity index (χ2v) is 3.11. The van der Waals surface area contributed by atoms with E-state index in [-0.39, 0.29) is 18.2 Å². The molecule has 0 aliphatic rings. The molecular formula is C12H12O5. The van der Waals surface area contributed by atoms with E-state index in [4.69, 9.17) is 13.9 Å². The highest BCUT2D eigenvalue weighted by atomic mass is 16.4. The molecule has 2 heterocycles. The first-order valence-corrected chi connectivity index (χ1v) is 4.86. The van der Waals surface area contributed by atoms with Crippen molar-refractivity contribution in [2.45, 2.75) is 13.5 Å². The summed E-state index contributed by atoms with van der Waals surface area (Å²) in [6.45, 7) is 1.31. The molecule has 1 N–H and O–H groups in total. The Labute approximate surface area is 97.7 Å². The van der Waals surface area contributed by atoms with Gasteiger partial charge < -0.3 is 13.9 Å². The fourth-order valence-corrected chi connectivity index (χ4v) is 1.02. The van der Waals surface area contributed by atoms with E-state index >= 15 is 0 Å². The van der Waals surface area contributed by atoms with Gasteiger partial charge in [0, 0.05) is 6.92 Å². The van der Waals surface area contributed by atoms with Crippen molar-refractivity contribution < 1.29 is 23.5 Å². The van der Waals surface area contributed by atoms with Gasteiger partial charge in [-0.2, -0.15) is 0 Å². The number of ketones is 1. The lowest BCUT2D eigenvalue weighted by molar-refractivity contribution is 0.0987. The van der Waals surface area contributed by atoms with Gasteiger partial charge in [-0.05, 0) is 24.3 Å². The van der Waals surface area contributed by atoms with Crippen LogP contribution in [0.25, 0.3) is 0 Å². The van der Waals surface area contributed by atoms with Gasteiger partial charge in [-0.1, -0.05) is 0 Å². The van der Waals surface area contributed by atoms with Gasteiger partial charge in [0.1, 0.15) is 12.4 Å². The van der Waals surface area contributed by atoms with Crippen molar-refractivity contribution in [1.82, 2.24) is 0 Å². The van der Waals surface area contributed by atoms with Crippen LogP contribution < -0.4 is 0 Å². The van der Waals surface area contributed by atoms with Crippen molar-refractivity contribution in [1.29, 1.82) is 0 Å². The summed E-state index contributed by atoms with van der Waals surface area (Å²) in [5.41, 5.74) is 0. The summed E-state index contributed by atoms with van der Waals surface area (Å²) in [7, 11) is 0. The van der Waals surface area contributed by atoms with E-state index in [1.807, 2.05) is 0 Å². The van der Waals surface area contributed by atoms with Gasteiger partial charge in [0.2, 0.25) is 0 Å². The van der Waals surface area contributed by atoms with E-state index in [0.29, 0.717) is 17.8 Å². The summed E-state index contributed by atoms with van der Waals surface area (Å²) < 4.78 is 9.51. The standard InChI is InChI=1S/C6H6O3.C6H6O2/c7-3-5-1-2-6(4-8)9-5;1-5(7)6-3-2-4-8-6/h1-3,8H,4H2;2-4H,1H3. The first-order valence-electron chi connectivity index (χ1n) is 4.86. The van der Waals surface area contributed by atoms with Crippen LogP contribution in [-0.4, -0.2) is 17.2 Å². The third kappa shape index (κ3) is 4.08. The number of aldehydes is 1. The minimum Gasteiger partial charge on any atom is -0.461 e. The molecule has 0 aromatic carbocycles. The lowest BCUT2D eigenvalue weighted by Crippen LogP contribution is -1.85. The molecule has 0 radical (unpaired) electrons. The summed E-state index contributed by atoms with van der Waals surface area (Å²) in [4.78, 5) is 20.4. The number of carbonyl (C=O) groups excluding carboxylic acids is 2. The summed E-state index contributed by atoms with van der Waals surface area (Å²) in [5, 5.41) is 8.44. The molecule has 17 heavy (non-hydrogen) atoms. The number of Topliss-reactive ketones (excluding diaryl/α,β-unsaturated/α-hetero) is 1. The molecule has 0 saturated heterocycles. The van der Waals surface area contributed by atoms with Crippen molar-refractivity contribution in [2.24, 2.45) is 0 Å². The monoisotopic (exact) mass is 236 g/mol. The summed E-state index contributed by atoms with van der Waals surface area (Å²) in [6.07, 6.45) is 2.08. The highest BCUT2D eigenvalue weighted by Crippen LogP contribution is 2.04. The first-order chi connectivity index (χ1) is 8.17. The molecule has 0 spiro atoms. The Morgan fingerprint density at radius 1 is 1.41 bits per heavy atom. The Morgan fingerprint density at radius 3 is 2.47 bits per heavy atom. The number of carbonyl (C=O) groups is 2. The van der Waals surface area contributed by atoms with Gasteiger partial charge in [0.05, 0.1) is 6.26 Å². The second kappa shape index (κ2) is 6.44. The Balaban J connectivity index is 0.000000171. The van der Waals surface area contributed by atoms with Crippen molar-refractivity contribution in [3.05, 3.63) is 47.8 Å². The zero-order valence-corrected chi connectivity index (χ0v) is 9.25. The van der Waals surface area contributed by atoms with E-state index in [1.165, 1.54) is 19.3 Å². The second-order valence-electron chi connectivity index (χ2n) is 3.11. The number of rotatable bonds is 3. The first kappa shape index (κ1) is 12.9. The largest absolute Gasteiger partial charge is 0.461 e. The van der Waals surface area contributed by atoms with E-state index in [0.717, 1.165) is 0 Å². The van der Waals surface area contributed by atoms with Crippen LogP contribution >= 0.6 is 0 Å². The molecule has 0 aliphatic carbocycles. The highest BCUT2D eigenvalue weighted by Gasteiger charge is 1.97. The molecule has 0 aliphatic heterocycles. The van der Waals surface area contributed by atoms with Crippen LogP contribution in [0.15, 0.2) is 39.4 Å². The van der Waals surface area contributed by atoms with Gasteiger partial charge in [0.25, 0.3) is 0 Å². The van der Waals surface area contributed by atoms with E-state index in [1.54, 1.807) is 18.2 Å². The fourth-order valence-electron chi connectivity index (χ4n) is 1.02. The van der Waals surface area contributed by atoms with Crippen LogP contribution in [0.1, 0.15) is 33.8 Å². The number of aliphatic hydroxyl groups is 1. The molecule has 5 heteroatoms. The minimum absolute atomic E-state index is 0.0324. The SMILES string of the molecule is CC(=O)c1ccco1.O=Cc1ccc(CO)o1. The Morgan fingerprint density at radius 2 is 2.18 bits per heavy atom. The molecule has 5 nitrogen and oxygen atoms in total. The molecular weight excluding hydrogens is 224 g/mol. The van der Waals surface area contributed by atoms with Crippen LogP contribution in [0.2, 0.25) is 0 Å². The molecule has 0 atom stereocenters. The lowest BCUT2D eigenvalue weighted by atomic mass is 10.3. The number of aliphatic hydroxyl groups excluding tert-OH is 1. The lowest BCUT2D eigenvalue weighted by Gasteiger charge is -1.82. The maximum atomic E-state index is 10.4. The van der Waals surface area contributed by atoms with Gasteiger partial charge >= 0.3 is 0 Å². The predicted molar refractivity (Wildman–Crippen MR) is 58.7 cm³/mol. The minimum atomic E-state index is -0.159. The average Bonchev–Trinajstić information content (AvgIpc) is 3.01. The number of hydrogen-bond donors (Lipinski definition) is 1. The Hall–Kier alpha value is -2.14. The third-order valence-corrected chi connectivity index (χ3v) is 1.82. The topological polar surface area (TPSA) is 80.7 Å². The number of furan rings is 2. The molecule has 0 saturated carbocycles. The van der Waals surface area contributed by atoms with Gasteiger partial charge in [-0.15, -0.1) is 0 Å². The quantitative estimate of drug-likeness (QED) is 0.651. The average molecular weight is 236 g/mol. The molecule has 0 fully saturated rings. The van der Waals surface area contributed by atoms with E-state index in [9.17, 15) is 9.59 Å². The van der Waals surface area contributed by atoms with Crippen LogP contribution in [0, 0.1) is 0 Å². The predicted octanol–water partition coefficient (Wildman–Crippen LogP) is 2.07. The summed E-state index contributed by atoms with van der Waals surface area (Å²) >= 11 is 0. The highest BCUT2D eigenvalue weighted by molar-refractivity contribution is 5.91. The van der Waals surface area contributed by atoms with E-state index in [2.05, 4.69) is 0 Å². The summed E-state index contributed by atoms with van der Waals surface area (Å²) in [5.74, 6) is 1.05. The van der Waals surface area contributed by atoms with E-state index < -0.39 is 0 Å². The van der Waals surface area contributed by atoms with Crippen LogP contribution in [0.4, 0.5) is 0 Å². The zero-order chi connectivity index (χ0) is 12.7. The summed E-state index contributed by atoms with van der Waals surface area (Å²) in [6, 6.07) is 6.40. The van der Waals surface area contributed by atoms with Crippen LogP contribution in [0.3, 0.4) is 0 Å². The van der Waals surface area contributed by atoms with Crippen LogP contribution in [0.5, 0.6) is 0 Å².